The second-order valence-electron chi connectivity index (χ2n) is 6.52. The van der Waals surface area contributed by atoms with Gasteiger partial charge in [-0.25, -0.2) is 0 Å². The van der Waals surface area contributed by atoms with Crippen LogP contribution in [0.15, 0.2) is 0 Å². The van der Waals surface area contributed by atoms with Crippen molar-refractivity contribution in [1.29, 1.82) is 0 Å². The monoisotopic (exact) mass is 345 g/mol. The highest BCUT2D eigenvalue weighted by atomic mass is 28.2. The quantitative estimate of drug-likeness (QED) is 0.399. The van der Waals surface area contributed by atoms with E-state index in [0.29, 0.717) is 6.10 Å². The van der Waals surface area contributed by atoms with Crippen molar-refractivity contribution in [2.45, 2.75) is 60.5 Å². The third kappa shape index (κ3) is 13.1. The number of rotatable bonds is 16. The summed E-state index contributed by atoms with van der Waals surface area (Å²) in [6.45, 7) is 22.9. The van der Waals surface area contributed by atoms with Crippen LogP contribution in [0.5, 0.6) is 0 Å². The Bertz CT molecular complexity index is 228. The molecule has 0 saturated carbocycles. The summed E-state index contributed by atoms with van der Waals surface area (Å²) < 4.78 is 5.89. The van der Waals surface area contributed by atoms with Crippen LogP contribution >= 0.6 is 0 Å². The van der Waals surface area contributed by atoms with E-state index in [2.05, 4.69) is 56.2 Å². The topological polar surface area (TPSA) is 19.0 Å². The van der Waals surface area contributed by atoms with Crippen molar-refractivity contribution in [2.24, 2.45) is 0 Å². The number of hydrogen-bond acceptors (Lipinski definition) is 4. The Balaban J connectivity index is 4.11. The predicted molar refractivity (Wildman–Crippen MR) is 106 cm³/mol. The van der Waals surface area contributed by atoms with Gasteiger partial charge in [0.15, 0.2) is 9.76 Å². The highest BCUT2D eigenvalue weighted by Gasteiger charge is 2.08. The molecule has 0 rings (SSSR count). The SMILES string of the molecule is CCN(CC)CCCN(CCCN(CC)CC)C[SiH2]OC(C)C. The molecule has 0 spiro atoms. The van der Waals surface area contributed by atoms with Crippen molar-refractivity contribution < 1.29 is 4.43 Å². The van der Waals surface area contributed by atoms with E-state index in [1.54, 1.807) is 0 Å². The van der Waals surface area contributed by atoms with Gasteiger partial charge in [-0.3, -0.25) is 0 Å². The second kappa shape index (κ2) is 15.6. The van der Waals surface area contributed by atoms with Crippen LogP contribution in [0.2, 0.25) is 0 Å². The van der Waals surface area contributed by atoms with E-state index in [1.165, 1.54) is 71.4 Å². The van der Waals surface area contributed by atoms with E-state index in [9.17, 15) is 0 Å². The van der Waals surface area contributed by atoms with Crippen molar-refractivity contribution in [1.82, 2.24) is 14.7 Å². The number of nitrogens with zero attached hydrogens (tertiary/aromatic N) is 3. The Kier molecular flexibility index (Phi) is 15.6. The first kappa shape index (κ1) is 23.1. The Morgan fingerprint density at radius 1 is 0.696 bits per heavy atom. The summed E-state index contributed by atoms with van der Waals surface area (Å²) in [6.07, 6.45) is 4.16. The Morgan fingerprint density at radius 3 is 1.43 bits per heavy atom. The molecule has 0 unspecified atom stereocenters. The summed E-state index contributed by atoms with van der Waals surface area (Å²) in [4.78, 5) is 7.70. The summed E-state index contributed by atoms with van der Waals surface area (Å²) in [5, 5.41) is 0. The molecule has 5 heteroatoms. The van der Waals surface area contributed by atoms with E-state index in [-0.39, 0.29) is 0 Å². The largest absolute Gasteiger partial charge is 0.420 e. The van der Waals surface area contributed by atoms with Crippen LogP contribution in [0.25, 0.3) is 0 Å². The van der Waals surface area contributed by atoms with Gasteiger partial charge in [-0.15, -0.1) is 0 Å². The van der Waals surface area contributed by atoms with E-state index >= 15 is 0 Å². The molecule has 0 aromatic carbocycles. The van der Waals surface area contributed by atoms with E-state index in [1.807, 2.05) is 0 Å². The van der Waals surface area contributed by atoms with E-state index < -0.39 is 9.76 Å². The fourth-order valence-corrected chi connectivity index (χ4v) is 4.15. The molecule has 0 atom stereocenters. The lowest BCUT2D eigenvalue weighted by atomic mass is 10.3. The van der Waals surface area contributed by atoms with Crippen LogP contribution in [0, 0.1) is 0 Å². The molecular weight excluding hydrogens is 302 g/mol. The molecule has 0 radical (unpaired) electrons. The zero-order valence-electron chi connectivity index (χ0n) is 16.8. The van der Waals surface area contributed by atoms with Gasteiger partial charge in [0.05, 0.1) is 0 Å². The second-order valence-corrected chi connectivity index (χ2v) is 7.71. The predicted octanol–water partition coefficient (Wildman–Crippen LogP) is 2.22. The third-order valence-electron chi connectivity index (χ3n) is 4.54. The zero-order chi connectivity index (χ0) is 17.5. The van der Waals surface area contributed by atoms with Gasteiger partial charge in [-0.1, -0.05) is 27.7 Å². The molecule has 0 aliphatic carbocycles. The molecule has 0 N–H and O–H groups in total. The first-order valence-corrected chi connectivity index (χ1v) is 11.4. The summed E-state index contributed by atoms with van der Waals surface area (Å²) in [6, 6.07) is 0. The molecule has 0 heterocycles. The molecule has 0 aliphatic rings. The molecule has 0 aliphatic heterocycles. The minimum Gasteiger partial charge on any atom is -0.420 e. The smallest absolute Gasteiger partial charge is 0.175 e. The van der Waals surface area contributed by atoms with Crippen LogP contribution in [0.3, 0.4) is 0 Å². The van der Waals surface area contributed by atoms with Gasteiger partial charge in [0.2, 0.25) is 0 Å². The summed E-state index contributed by atoms with van der Waals surface area (Å²) >= 11 is 0. The van der Waals surface area contributed by atoms with Gasteiger partial charge in [0.1, 0.15) is 0 Å². The normalized spacial score (nSPS) is 12.8. The maximum absolute atomic E-state index is 5.89. The minimum atomic E-state index is -0.400. The van der Waals surface area contributed by atoms with Gasteiger partial charge in [0, 0.05) is 12.3 Å². The molecule has 4 nitrogen and oxygen atoms in total. The summed E-state index contributed by atoms with van der Waals surface area (Å²) in [5.41, 5.74) is 0. The van der Waals surface area contributed by atoms with Gasteiger partial charge in [-0.05, 0) is 79.0 Å². The first-order chi connectivity index (χ1) is 11.1. The molecule has 0 fully saturated rings. The molecule has 0 aromatic rings. The molecule has 140 valence electrons. The minimum absolute atomic E-state index is 0.398. The maximum Gasteiger partial charge on any atom is 0.175 e. The van der Waals surface area contributed by atoms with Crippen molar-refractivity contribution in [2.75, 3.05) is 58.5 Å². The lowest BCUT2D eigenvalue weighted by Crippen LogP contribution is -2.36. The highest BCUT2D eigenvalue weighted by Crippen LogP contribution is 2.00. The van der Waals surface area contributed by atoms with Crippen molar-refractivity contribution in [3.8, 4) is 0 Å². The zero-order valence-corrected chi connectivity index (χ0v) is 18.2. The lowest BCUT2D eigenvalue weighted by Gasteiger charge is -2.26. The fraction of sp³-hybridized carbons (Fsp3) is 1.00. The van der Waals surface area contributed by atoms with Crippen LogP contribution < -0.4 is 0 Å². The van der Waals surface area contributed by atoms with Gasteiger partial charge in [0.25, 0.3) is 0 Å². The van der Waals surface area contributed by atoms with Crippen LogP contribution in [-0.2, 0) is 4.43 Å². The average molecular weight is 346 g/mol. The highest BCUT2D eigenvalue weighted by molar-refractivity contribution is 6.27. The Hall–Kier alpha value is 0.0569. The van der Waals surface area contributed by atoms with Crippen molar-refractivity contribution in [3.05, 3.63) is 0 Å². The van der Waals surface area contributed by atoms with Gasteiger partial charge in [-0.2, -0.15) is 0 Å². The molecule has 0 saturated heterocycles. The summed E-state index contributed by atoms with van der Waals surface area (Å²) in [5.74, 6) is 0. The standard InChI is InChI=1S/C18H43N3OSi/c1-7-19(8-2)13-11-15-21(17-23-22-18(5)6)16-12-14-20(9-3)10-4/h18H,7-17,23H2,1-6H3. The molecule has 0 aromatic heterocycles. The van der Waals surface area contributed by atoms with Gasteiger partial charge < -0.3 is 19.1 Å². The Morgan fingerprint density at radius 2 is 1.09 bits per heavy atom. The fourth-order valence-electron chi connectivity index (χ4n) is 2.87. The van der Waals surface area contributed by atoms with E-state index in [4.69, 9.17) is 4.43 Å². The number of hydrogen-bond donors (Lipinski definition) is 0. The molecular formula is C18H43N3OSi. The van der Waals surface area contributed by atoms with E-state index in [0.717, 1.165) is 0 Å². The molecule has 0 amide bonds. The van der Waals surface area contributed by atoms with Crippen molar-refractivity contribution in [3.63, 3.8) is 0 Å². The molecule has 23 heavy (non-hydrogen) atoms. The van der Waals surface area contributed by atoms with Gasteiger partial charge >= 0.3 is 0 Å². The lowest BCUT2D eigenvalue weighted by molar-refractivity contribution is 0.215. The maximum atomic E-state index is 5.89. The van der Waals surface area contributed by atoms with Crippen LogP contribution in [0.1, 0.15) is 54.4 Å². The Labute approximate surface area is 148 Å². The van der Waals surface area contributed by atoms with Crippen molar-refractivity contribution >= 4 is 9.76 Å². The van der Waals surface area contributed by atoms with Crippen LogP contribution in [0.4, 0.5) is 0 Å². The summed E-state index contributed by atoms with van der Waals surface area (Å²) in [7, 11) is -0.400. The van der Waals surface area contributed by atoms with Crippen LogP contribution in [-0.4, -0.2) is 89.1 Å². The first-order valence-electron chi connectivity index (χ1n) is 9.85. The third-order valence-corrected chi connectivity index (χ3v) is 6.26. The molecule has 0 bridgehead atoms. The average Bonchev–Trinajstić information content (AvgIpc) is 2.54.